The van der Waals surface area contributed by atoms with Crippen molar-refractivity contribution >= 4 is 0 Å². The van der Waals surface area contributed by atoms with Crippen molar-refractivity contribution in [2.75, 3.05) is 0 Å². The summed E-state index contributed by atoms with van der Waals surface area (Å²) in [4.78, 5) is 0. The molecule has 16 heavy (non-hydrogen) atoms. The monoisotopic (exact) mass is 228 g/mol. The minimum atomic E-state index is -4.94. The van der Waals surface area contributed by atoms with Crippen molar-refractivity contribution in [1.29, 1.82) is 10.5 Å². The molecule has 82 valence electrons. The van der Waals surface area contributed by atoms with Crippen molar-refractivity contribution in [2.24, 2.45) is 0 Å². The average Bonchev–Trinajstić information content (AvgIpc) is 2.19. The van der Waals surface area contributed by atoms with Crippen molar-refractivity contribution in [3.8, 4) is 12.1 Å². The third-order valence-electron chi connectivity index (χ3n) is 1.90. The van der Waals surface area contributed by atoms with Crippen molar-refractivity contribution in [3.05, 3.63) is 34.6 Å². The first-order chi connectivity index (χ1) is 7.41. The van der Waals surface area contributed by atoms with Gasteiger partial charge >= 0.3 is 6.18 Å². The molecule has 0 saturated heterocycles. The van der Waals surface area contributed by atoms with Gasteiger partial charge in [-0.2, -0.15) is 23.7 Å². The minimum Gasteiger partial charge on any atom is -0.206 e. The summed E-state index contributed by atoms with van der Waals surface area (Å²) in [6.45, 7) is 0. The summed E-state index contributed by atoms with van der Waals surface area (Å²) in [5.74, 6) is -1.55. The third kappa shape index (κ3) is 2.12. The van der Waals surface area contributed by atoms with Crippen LogP contribution >= 0.6 is 0 Å². The molecule has 0 bridgehead atoms. The van der Waals surface area contributed by atoms with Gasteiger partial charge in [0, 0.05) is 5.56 Å². The Morgan fingerprint density at radius 3 is 2.25 bits per heavy atom. The highest BCUT2D eigenvalue weighted by Gasteiger charge is 2.38. The maximum absolute atomic E-state index is 13.4. The first-order valence-corrected chi connectivity index (χ1v) is 4.07. The molecular weight excluding hydrogens is 224 g/mol. The van der Waals surface area contributed by atoms with E-state index in [4.69, 9.17) is 10.5 Å². The van der Waals surface area contributed by atoms with Crippen LogP contribution in [0.1, 0.15) is 16.7 Å². The maximum atomic E-state index is 13.4. The Labute approximate surface area is 88.3 Å². The average molecular weight is 228 g/mol. The normalized spacial score (nSPS) is 10.6. The Balaban J connectivity index is 3.50. The fraction of sp³-hybridized carbons (Fsp3) is 0.200. The lowest BCUT2D eigenvalue weighted by Crippen LogP contribution is -2.12. The Morgan fingerprint density at radius 1 is 1.19 bits per heavy atom. The van der Waals surface area contributed by atoms with E-state index >= 15 is 0 Å². The van der Waals surface area contributed by atoms with Crippen LogP contribution in [0.25, 0.3) is 0 Å². The van der Waals surface area contributed by atoms with Crippen LogP contribution in [0.2, 0.25) is 0 Å². The maximum Gasteiger partial charge on any atom is 0.420 e. The lowest BCUT2D eigenvalue weighted by molar-refractivity contribution is -0.140. The van der Waals surface area contributed by atoms with Crippen molar-refractivity contribution in [2.45, 2.75) is 12.6 Å². The van der Waals surface area contributed by atoms with Gasteiger partial charge in [0.2, 0.25) is 0 Å². The number of nitriles is 2. The van der Waals surface area contributed by atoms with Gasteiger partial charge in [0.15, 0.2) is 0 Å². The zero-order valence-corrected chi connectivity index (χ0v) is 7.77. The standard InChI is InChI=1S/C10H4F4N2/c11-9-6(3-4-15)1-2-7(5-16)8(9)10(12,13)14/h1-2H,3H2. The highest BCUT2D eigenvalue weighted by molar-refractivity contribution is 5.43. The molecule has 0 aromatic heterocycles. The highest BCUT2D eigenvalue weighted by atomic mass is 19.4. The van der Waals surface area contributed by atoms with Crippen LogP contribution < -0.4 is 0 Å². The fourth-order valence-corrected chi connectivity index (χ4v) is 1.21. The quantitative estimate of drug-likeness (QED) is 0.694. The Hall–Kier alpha value is -2.08. The third-order valence-corrected chi connectivity index (χ3v) is 1.90. The lowest BCUT2D eigenvalue weighted by atomic mass is 10.0. The summed E-state index contributed by atoms with van der Waals surface area (Å²) in [7, 11) is 0. The number of nitrogens with zero attached hydrogens (tertiary/aromatic N) is 2. The number of halogens is 4. The second kappa shape index (κ2) is 4.19. The number of hydrogen-bond donors (Lipinski definition) is 0. The molecule has 0 aliphatic carbocycles. The first-order valence-electron chi connectivity index (χ1n) is 4.07. The largest absolute Gasteiger partial charge is 0.420 e. The van der Waals surface area contributed by atoms with E-state index in [9.17, 15) is 17.6 Å². The number of benzene rings is 1. The van der Waals surface area contributed by atoms with Gasteiger partial charge in [-0.05, 0) is 6.07 Å². The molecule has 0 fully saturated rings. The van der Waals surface area contributed by atoms with Crippen LogP contribution in [0.5, 0.6) is 0 Å². The SMILES string of the molecule is N#CCc1ccc(C#N)c(C(F)(F)F)c1F. The molecule has 0 saturated carbocycles. The Kier molecular flexibility index (Phi) is 3.14. The second-order valence-corrected chi connectivity index (χ2v) is 2.91. The molecule has 0 unspecified atom stereocenters. The molecule has 0 radical (unpaired) electrons. The molecule has 1 rings (SSSR count). The summed E-state index contributed by atoms with van der Waals surface area (Å²) in [6, 6.07) is 4.69. The van der Waals surface area contributed by atoms with Crippen LogP contribution in [0.4, 0.5) is 17.6 Å². The van der Waals surface area contributed by atoms with Crippen molar-refractivity contribution < 1.29 is 17.6 Å². The zero-order chi connectivity index (χ0) is 12.3. The van der Waals surface area contributed by atoms with Gasteiger partial charge in [-0.3, -0.25) is 0 Å². The first kappa shape index (κ1) is 12.0. The van der Waals surface area contributed by atoms with Gasteiger partial charge in [-0.15, -0.1) is 0 Å². The molecular formula is C10H4F4N2. The highest BCUT2D eigenvalue weighted by Crippen LogP contribution is 2.35. The molecule has 2 nitrogen and oxygen atoms in total. The molecule has 1 aromatic carbocycles. The van der Waals surface area contributed by atoms with Crippen LogP contribution in [0.3, 0.4) is 0 Å². The van der Waals surface area contributed by atoms with Crippen molar-refractivity contribution in [3.63, 3.8) is 0 Å². The predicted molar refractivity (Wildman–Crippen MR) is 45.4 cm³/mol. The van der Waals surface area contributed by atoms with Crippen LogP contribution in [-0.2, 0) is 12.6 Å². The smallest absolute Gasteiger partial charge is 0.206 e. The van der Waals surface area contributed by atoms with Gasteiger partial charge in [0.25, 0.3) is 0 Å². The predicted octanol–water partition coefficient (Wildman–Crippen LogP) is 2.78. The molecule has 0 aliphatic rings. The molecule has 0 amide bonds. The van der Waals surface area contributed by atoms with Crippen LogP contribution in [-0.4, -0.2) is 0 Å². The Morgan fingerprint density at radius 2 is 1.81 bits per heavy atom. The summed E-state index contributed by atoms with van der Waals surface area (Å²) in [5, 5.41) is 16.7. The number of hydrogen-bond acceptors (Lipinski definition) is 2. The van der Waals surface area contributed by atoms with E-state index in [1.54, 1.807) is 6.07 Å². The van der Waals surface area contributed by atoms with Crippen LogP contribution in [0, 0.1) is 28.5 Å². The summed E-state index contributed by atoms with van der Waals surface area (Å²) in [5.41, 5.74) is -2.76. The summed E-state index contributed by atoms with van der Waals surface area (Å²) >= 11 is 0. The molecule has 1 aromatic rings. The fourth-order valence-electron chi connectivity index (χ4n) is 1.21. The van der Waals surface area contributed by atoms with Gasteiger partial charge in [-0.25, -0.2) is 4.39 Å². The molecule has 0 spiro atoms. The van der Waals surface area contributed by atoms with Gasteiger partial charge in [0.1, 0.15) is 11.4 Å². The van der Waals surface area contributed by atoms with Gasteiger partial charge in [0.05, 0.1) is 24.1 Å². The lowest BCUT2D eigenvalue weighted by Gasteiger charge is -2.11. The van der Waals surface area contributed by atoms with Gasteiger partial charge < -0.3 is 0 Å². The Bertz CT molecular complexity index is 491. The summed E-state index contributed by atoms with van der Waals surface area (Å²) in [6.07, 6.45) is -5.42. The molecule has 0 atom stereocenters. The van der Waals surface area contributed by atoms with E-state index in [1.165, 1.54) is 6.07 Å². The number of rotatable bonds is 1. The van der Waals surface area contributed by atoms with E-state index in [2.05, 4.69) is 0 Å². The molecule has 0 aliphatic heterocycles. The second-order valence-electron chi connectivity index (χ2n) is 2.91. The van der Waals surface area contributed by atoms with E-state index in [1.807, 2.05) is 0 Å². The molecule has 0 heterocycles. The van der Waals surface area contributed by atoms with E-state index < -0.39 is 29.5 Å². The zero-order valence-electron chi connectivity index (χ0n) is 7.77. The summed E-state index contributed by atoms with van der Waals surface area (Å²) < 4.78 is 50.7. The van der Waals surface area contributed by atoms with E-state index in [0.717, 1.165) is 12.1 Å². The topological polar surface area (TPSA) is 47.6 Å². The molecule has 6 heteroatoms. The van der Waals surface area contributed by atoms with E-state index in [-0.39, 0.29) is 5.56 Å². The van der Waals surface area contributed by atoms with Crippen LogP contribution in [0.15, 0.2) is 12.1 Å². The minimum absolute atomic E-state index is 0.367. The van der Waals surface area contributed by atoms with Crippen molar-refractivity contribution in [1.82, 2.24) is 0 Å². The van der Waals surface area contributed by atoms with E-state index in [0.29, 0.717) is 0 Å². The number of alkyl halides is 3. The molecule has 0 N–H and O–H groups in total. The van der Waals surface area contributed by atoms with Gasteiger partial charge in [-0.1, -0.05) is 6.07 Å².